The normalized spacial score (nSPS) is 16.2. The first-order valence-electron chi connectivity index (χ1n) is 9.32. The van der Waals surface area contributed by atoms with Crippen LogP contribution in [0, 0.1) is 0 Å². The van der Waals surface area contributed by atoms with E-state index < -0.39 is 0 Å². The molecule has 5 nitrogen and oxygen atoms in total. The first-order valence-corrected chi connectivity index (χ1v) is 9.32. The Morgan fingerprint density at radius 2 is 1.89 bits per heavy atom. The second-order valence-corrected chi connectivity index (χ2v) is 6.61. The number of nitrogens with zero attached hydrogens (tertiary/aromatic N) is 1. The van der Waals surface area contributed by atoms with E-state index in [1.807, 2.05) is 36.1 Å². The molecule has 0 saturated carbocycles. The van der Waals surface area contributed by atoms with E-state index in [0.717, 1.165) is 30.7 Å². The molecule has 1 aliphatic heterocycles. The minimum atomic E-state index is -0.0333. The van der Waals surface area contributed by atoms with Crippen LogP contribution in [0.2, 0.25) is 0 Å². The van der Waals surface area contributed by atoms with E-state index >= 15 is 0 Å². The zero-order valence-electron chi connectivity index (χ0n) is 15.8. The Labute approximate surface area is 159 Å². The highest BCUT2D eigenvalue weighted by molar-refractivity contribution is 5.95. The quantitative estimate of drug-likeness (QED) is 0.693. The Kier molecular flexibility index (Phi) is 6.12. The molecule has 2 aromatic rings. The summed E-state index contributed by atoms with van der Waals surface area (Å²) in [5.41, 5.74) is 1.75. The van der Waals surface area contributed by atoms with Gasteiger partial charge < -0.3 is 14.4 Å². The van der Waals surface area contributed by atoms with Gasteiger partial charge in [-0.15, -0.1) is 0 Å². The molecule has 1 aliphatic rings. The van der Waals surface area contributed by atoms with Gasteiger partial charge in [0.1, 0.15) is 11.5 Å². The molecule has 142 valence electrons. The van der Waals surface area contributed by atoms with Crippen molar-refractivity contribution in [1.29, 1.82) is 0 Å². The summed E-state index contributed by atoms with van der Waals surface area (Å²) in [6.07, 6.45) is 2.38. The van der Waals surface area contributed by atoms with Crippen LogP contribution in [-0.4, -0.2) is 36.9 Å². The molecule has 1 saturated heterocycles. The van der Waals surface area contributed by atoms with Gasteiger partial charge in [0.05, 0.1) is 13.2 Å². The Bertz CT molecular complexity index is 800. The van der Waals surface area contributed by atoms with Gasteiger partial charge in [-0.25, -0.2) is 0 Å². The smallest absolute Gasteiger partial charge is 0.261 e. The van der Waals surface area contributed by atoms with Gasteiger partial charge in [0.25, 0.3) is 5.91 Å². The number of ether oxygens (including phenoxy) is 2. The summed E-state index contributed by atoms with van der Waals surface area (Å²) in [5.74, 6) is 1.45. The highest BCUT2D eigenvalue weighted by Gasteiger charge is 2.30. The van der Waals surface area contributed by atoms with Crippen LogP contribution in [0.5, 0.6) is 11.5 Å². The summed E-state index contributed by atoms with van der Waals surface area (Å²) in [7, 11) is 1.64. The number of amides is 1. The molecule has 2 aromatic carbocycles. The van der Waals surface area contributed by atoms with Gasteiger partial charge >= 0.3 is 0 Å². The van der Waals surface area contributed by atoms with E-state index in [1.165, 1.54) is 0 Å². The fourth-order valence-corrected chi connectivity index (χ4v) is 3.43. The van der Waals surface area contributed by atoms with E-state index in [1.54, 1.807) is 31.4 Å². The van der Waals surface area contributed by atoms with Crippen LogP contribution in [0.1, 0.15) is 48.1 Å². The fourth-order valence-electron chi connectivity index (χ4n) is 3.43. The molecule has 27 heavy (non-hydrogen) atoms. The molecule has 0 bridgehead atoms. The fraction of sp³-hybridized carbons (Fsp3) is 0.364. The molecule has 0 aliphatic carbocycles. The third-order valence-electron chi connectivity index (χ3n) is 4.91. The number of hydrogen-bond donors (Lipinski definition) is 0. The van der Waals surface area contributed by atoms with E-state index in [-0.39, 0.29) is 24.3 Å². The third kappa shape index (κ3) is 4.48. The van der Waals surface area contributed by atoms with E-state index in [0.29, 0.717) is 17.7 Å². The standard InChI is InChI=1S/C22H25NO4/c1-3-21(24)16-9-11-18(12-10-16)27-15-22(25)23-13-5-8-20(23)17-6-4-7-19(14-17)26-2/h4,6-7,9-12,14,20H,3,5,8,13,15H2,1-2H3. The highest BCUT2D eigenvalue weighted by atomic mass is 16.5. The maximum atomic E-state index is 12.7. The molecular formula is C22H25NO4. The minimum Gasteiger partial charge on any atom is -0.497 e. The zero-order valence-corrected chi connectivity index (χ0v) is 15.8. The maximum Gasteiger partial charge on any atom is 0.261 e. The SMILES string of the molecule is CCC(=O)c1ccc(OCC(=O)N2CCCC2c2cccc(OC)c2)cc1. The second kappa shape index (κ2) is 8.71. The van der Waals surface area contributed by atoms with Crippen LogP contribution in [-0.2, 0) is 4.79 Å². The van der Waals surface area contributed by atoms with E-state index in [9.17, 15) is 9.59 Å². The Morgan fingerprint density at radius 3 is 2.59 bits per heavy atom. The summed E-state index contributed by atoms with van der Waals surface area (Å²) in [6, 6.07) is 14.9. The molecule has 0 spiro atoms. The van der Waals surface area contributed by atoms with Gasteiger partial charge in [0, 0.05) is 18.5 Å². The van der Waals surface area contributed by atoms with Gasteiger partial charge in [-0.1, -0.05) is 19.1 Å². The Hall–Kier alpha value is -2.82. The monoisotopic (exact) mass is 367 g/mol. The number of likely N-dealkylation sites (tertiary alicyclic amines) is 1. The van der Waals surface area contributed by atoms with Gasteiger partial charge in [0.15, 0.2) is 12.4 Å². The van der Waals surface area contributed by atoms with Crippen LogP contribution >= 0.6 is 0 Å². The zero-order chi connectivity index (χ0) is 19.2. The van der Waals surface area contributed by atoms with Gasteiger partial charge in [-0.05, 0) is 54.8 Å². The number of methoxy groups -OCH3 is 1. The number of rotatable bonds is 7. The van der Waals surface area contributed by atoms with Crippen LogP contribution < -0.4 is 9.47 Å². The molecule has 1 unspecified atom stereocenters. The van der Waals surface area contributed by atoms with Crippen molar-refractivity contribution in [3.8, 4) is 11.5 Å². The highest BCUT2D eigenvalue weighted by Crippen LogP contribution is 2.33. The van der Waals surface area contributed by atoms with Gasteiger partial charge in [0.2, 0.25) is 0 Å². The van der Waals surface area contributed by atoms with E-state index in [4.69, 9.17) is 9.47 Å². The molecule has 1 fully saturated rings. The van der Waals surface area contributed by atoms with Crippen LogP contribution in [0.15, 0.2) is 48.5 Å². The molecule has 1 amide bonds. The van der Waals surface area contributed by atoms with Crippen LogP contribution in [0.4, 0.5) is 0 Å². The third-order valence-corrected chi connectivity index (χ3v) is 4.91. The van der Waals surface area contributed by atoms with Crippen molar-refractivity contribution in [3.63, 3.8) is 0 Å². The number of ketones is 1. The average Bonchev–Trinajstić information content (AvgIpc) is 3.22. The van der Waals surface area contributed by atoms with Crippen LogP contribution in [0.3, 0.4) is 0 Å². The lowest BCUT2D eigenvalue weighted by Crippen LogP contribution is -2.34. The lowest BCUT2D eigenvalue weighted by atomic mass is 10.0. The predicted octanol–water partition coefficient (Wildman–Crippen LogP) is 4.03. The van der Waals surface area contributed by atoms with Crippen molar-refractivity contribution in [2.75, 3.05) is 20.3 Å². The number of carbonyl (C=O) groups is 2. The molecule has 3 rings (SSSR count). The topological polar surface area (TPSA) is 55.8 Å². The van der Waals surface area contributed by atoms with Crippen molar-refractivity contribution in [2.45, 2.75) is 32.2 Å². The van der Waals surface area contributed by atoms with Crippen molar-refractivity contribution in [1.82, 2.24) is 4.90 Å². The van der Waals surface area contributed by atoms with Crippen LogP contribution in [0.25, 0.3) is 0 Å². The summed E-state index contributed by atoms with van der Waals surface area (Å²) >= 11 is 0. The molecule has 0 aromatic heterocycles. The lowest BCUT2D eigenvalue weighted by Gasteiger charge is -2.25. The maximum absolute atomic E-state index is 12.7. The minimum absolute atomic E-state index is 0.0124. The summed E-state index contributed by atoms with van der Waals surface area (Å²) in [4.78, 5) is 26.2. The Balaban J connectivity index is 1.62. The predicted molar refractivity (Wildman–Crippen MR) is 103 cm³/mol. The summed E-state index contributed by atoms with van der Waals surface area (Å²) in [5, 5.41) is 0. The van der Waals surface area contributed by atoms with Crippen molar-refractivity contribution in [2.24, 2.45) is 0 Å². The number of Topliss-reactive ketones (excluding diaryl/α,β-unsaturated/α-hetero) is 1. The van der Waals surface area contributed by atoms with Gasteiger partial charge in [-0.3, -0.25) is 9.59 Å². The first-order chi connectivity index (χ1) is 13.1. The van der Waals surface area contributed by atoms with Gasteiger partial charge in [-0.2, -0.15) is 0 Å². The molecule has 0 N–H and O–H groups in total. The summed E-state index contributed by atoms with van der Waals surface area (Å²) in [6.45, 7) is 2.55. The molecule has 1 atom stereocenters. The largest absolute Gasteiger partial charge is 0.497 e. The first kappa shape index (κ1) is 19.0. The lowest BCUT2D eigenvalue weighted by molar-refractivity contribution is -0.134. The molecule has 5 heteroatoms. The van der Waals surface area contributed by atoms with Crippen molar-refractivity contribution in [3.05, 3.63) is 59.7 Å². The molecule has 0 radical (unpaired) electrons. The van der Waals surface area contributed by atoms with Crippen molar-refractivity contribution < 1.29 is 19.1 Å². The number of hydrogen-bond acceptors (Lipinski definition) is 4. The molecule has 1 heterocycles. The number of benzene rings is 2. The Morgan fingerprint density at radius 1 is 1.11 bits per heavy atom. The van der Waals surface area contributed by atoms with E-state index in [2.05, 4.69) is 0 Å². The summed E-state index contributed by atoms with van der Waals surface area (Å²) < 4.78 is 10.9. The van der Waals surface area contributed by atoms with Crippen molar-refractivity contribution >= 4 is 11.7 Å². The average molecular weight is 367 g/mol. The second-order valence-electron chi connectivity index (χ2n) is 6.61. The number of carbonyl (C=O) groups excluding carboxylic acids is 2. The molecular weight excluding hydrogens is 342 g/mol.